The molecule has 0 spiro atoms. The van der Waals surface area contributed by atoms with E-state index >= 15 is 0 Å². The fraction of sp³-hybridized carbons (Fsp3) is 0. The number of carbonyl (C=O) groups excluding carboxylic acids is 1. The Kier molecular flexibility index (Phi) is 3.60. The molecule has 2 aromatic carbocycles. The van der Waals surface area contributed by atoms with Crippen molar-refractivity contribution in [2.45, 2.75) is 0 Å². The zero-order valence-electron chi connectivity index (χ0n) is 9.88. The normalized spacial score (nSPS) is 10.4. The van der Waals surface area contributed by atoms with Gasteiger partial charge < -0.3 is 11.1 Å². The van der Waals surface area contributed by atoms with Gasteiger partial charge in [0.1, 0.15) is 5.82 Å². The van der Waals surface area contributed by atoms with E-state index in [2.05, 4.69) is 5.32 Å². The van der Waals surface area contributed by atoms with Gasteiger partial charge in [-0.1, -0.05) is 0 Å². The van der Waals surface area contributed by atoms with E-state index in [-0.39, 0.29) is 16.9 Å². The number of amides is 1. The van der Waals surface area contributed by atoms with Gasteiger partial charge in [-0.2, -0.15) is 0 Å². The highest BCUT2D eigenvalue weighted by molar-refractivity contribution is 6.07. The molecule has 2 rings (SSSR count). The lowest BCUT2D eigenvalue weighted by Crippen LogP contribution is -2.14. The van der Waals surface area contributed by atoms with Crippen molar-refractivity contribution in [2.24, 2.45) is 0 Å². The molecule has 7 heteroatoms. The number of nitrogens with two attached hydrogens (primary N) is 1. The van der Waals surface area contributed by atoms with Crippen LogP contribution in [-0.4, -0.2) is 5.91 Å². The van der Waals surface area contributed by atoms with Crippen LogP contribution < -0.4 is 11.1 Å². The van der Waals surface area contributed by atoms with Gasteiger partial charge in [0.25, 0.3) is 5.91 Å². The minimum Gasteiger partial charge on any atom is -0.398 e. The average Bonchev–Trinajstić information content (AvgIpc) is 2.35. The first-order valence-corrected chi connectivity index (χ1v) is 5.39. The first-order chi connectivity index (χ1) is 9.38. The van der Waals surface area contributed by atoms with Crippen LogP contribution in [0.15, 0.2) is 30.3 Å². The third-order valence-corrected chi connectivity index (χ3v) is 2.50. The molecule has 0 fully saturated rings. The Labute approximate surface area is 111 Å². The summed E-state index contributed by atoms with van der Waals surface area (Å²) >= 11 is 0. The quantitative estimate of drug-likeness (QED) is 0.506. The zero-order chi connectivity index (χ0) is 14.9. The number of rotatable bonds is 2. The molecule has 0 bridgehead atoms. The molecule has 0 aromatic heterocycles. The van der Waals surface area contributed by atoms with Crippen LogP contribution in [0.2, 0.25) is 0 Å². The lowest BCUT2D eigenvalue weighted by molar-refractivity contribution is 0.102. The molecule has 0 aliphatic rings. The van der Waals surface area contributed by atoms with Crippen LogP contribution in [0.5, 0.6) is 0 Å². The molecule has 3 N–H and O–H groups in total. The number of carbonyl (C=O) groups is 1. The lowest BCUT2D eigenvalue weighted by atomic mass is 10.1. The summed E-state index contributed by atoms with van der Waals surface area (Å²) in [7, 11) is 0. The second-order valence-corrected chi connectivity index (χ2v) is 3.94. The van der Waals surface area contributed by atoms with Crippen LogP contribution in [0, 0.1) is 23.3 Å². The third-order valence-electron chi connectivity index (χ3n) is 2.50. The first-order valence-electron chi connectivity index (χ1n) is 5.39. The topological polar surface area (TPSA) is 55.1 Å². The van der Waals surface area contributed by atoms with Gasteiger partial charge in [-0.25, -0.2) is 17.6 Å². The van der Waals surface area contributed by atoms with Crippen molar-refractivity contribution in [2.75, 3.05) is 11.1 Å². The summed E-state index contributed by atoms with van der Waals surface area (Å²) in [5.41, 5.74) is 4.96. The number of hydrogen-bond acceptors (Lipinski definition) is 2. The van der Waals surface area contributed by atoms with Gasteiger partial charge in [-0.05, 0) is 18.2 Å². The predicted octanol–water partition coefficient (Wildman–Crippen LogP) is 3.08. The Morgan fingerprint density at radius 2 is 1.60 bits per heavy atom. The molecule has 3 nitrogen and oxygen atoms in total. The Hall–Kier alpha value is -2.57. The SMILES string of the molecule is Nc1cc(F)ccc1C(=O)Nc1cc(F)c(F)c(F)c1. The van der Waals surface area contributed by atoms with E-state index < -0.39 is 29.2 Å². The van der Waals surface area contributed by atoms with Crippen molar-refractivity contribution < 1.29 is 22.4 Å². The molecule has 0 atom stereocenters. The largest absolute Gasteiger partial charge is 0.398 e. The van der Waals surface area contributed by atoms with Gasteiger partial charge in [-0.15, -0.1) is 0 Å². The Morgan fingerprint density at radius 1 is 1.00 bits per heavy atom. The molecular weight excluding hydrogens is 276 g/mol. The van der Waals surface area contributed by atoms with E-state index in [9.17, 15) is 22.4 Å². The first kappa shape index (κ1) is 13.9. The van der Waals surface area contributed by atoms with Gasteiger partial charge in [-0.3, -0.25) is 4.79 Å². The molecule has 20 heavy (non-hydrogen) atoms. The number of nitrogens with one attached hydrogen (secondary N) is 1. The maximum absolute atomic E-state index is 13.0. The summed E-state index contributed by atoms with van der Waals surface area (Å²) in [5, 5.41) is 2.14. The van der Waals surface area contributed by atoms with Crippen LogP contribution in [0.25, 0.3) is 0 Å². The van der Waals surface area contributed by atoms with Gasteiger partial charge in [0.15, 0.2) is 17.5 Å². The molecule has 1 amide bonds. The standard InChI is InChI=1S/C13H8F4N2O/c14-6-1-2-8(11(18)3-6)13(20)19-7-4-9(15)12(17)10(16)5-7/h1-5H,18H2,(H,19,20). The van der Waals surface area contributed by atoms with E-state index in [1.165, 1.54) is 0 Å². The molecular formula is C13H8F4N2O. The number of hydrogen-bond donors (Lipinski definition) is 2. The minimum atomic E-state index is -1.63. The summed E-state index contributed by atoms with van der Waals surface area (Å²) in [4.78, 5) is 11.8. The summed E-state index contributed by atoms with van der Waals surface area (Å²) in [6.45, 7) is 0. The van der Waals surface area contributed by atoms with Crippen LogP contribution in [0.3, 0.4) is 0 Å². The summed E-state index contributed by atoms with van der Waals surface area (Å²) in [6.07, 6.45) is 0. The van der Waals surface area contributed by atoms with Gasteiger partial charge in [0.2, 0.25) is 0 Å². The molecule has 0 saturated heterocycles. The molecule has 2 aromatic rings. The monoisotopic (exact) mass is 284 g/mol. The van der Waals surface area contributed by atoms with Crippen molar-refractivity contribution in [1.82, 2.24) is 0 Å². The summed E-state index contributed by atoms with van der Waals surface area (Å²) in [6, 6.07) is 4.31. The number of benzene rings is 2. The van der Waals surface area contributed by atoms with E-state index in [0.29, 0.717) is 12.1 Å². The highest BCUT2D eigenvalue weighted by atomic mass is 19.2. The molecule has 0 aliphatic heterocycles. The molecule has 0 saturated carbocycles. The number of nitrogen functional groups attached to an aromatic ring is 1. The Bertz CT molecular complexity index is 665. The van der Waals surface area contributed by atoms with E-state index in [0.717, 1.165) is 18.2 Å². The highest BCUT2D eigenvalue weighted by Crippen LogP contribution is 2.20. The van der Waals surface area contributed by atoms with Gasteiger partial charge in [0.05, 0.1) is 5.56 Å². The van der Waals surface area contributed by atoms with Crippen LogP contribution in [-0.2, 0) is 0 Å². The molecule has 0 aliphatic carbocycles. The van der Waals surface area contributed by atoms with Crippen molar-refractivity contribution in [3.05, 3.63) is 59.2 Å². The Balaban J connectivity index is 2.28. The smallest absolute Gasteiger partial charge is 0.257 e. The fourth-order valence-corrected chi connectivity index (χ4v) is 1.57. The van der Waals surface area contributed by atoms with Crippen LogP contribution in [0.1, 0.15) is 10.4 Å². The molecule has 0 unspecified atom stereocenters. The molecule has 0 radical (unpaired) electrons. The van der Waals surface area contributed by atoms with Gasteiger partial charge in [0, 0.05) is 23.5 Å². The van der Waals surface area contributed by atoms with E-state index in [4.69, 9.17) is 5.73 Å². The summed E-state index contributed by atoms with van der Waals surface area (Å²) < 4.78 is 51.6. The van der Waals surface area contributed by atoms with E-state index in [1.54, 1.807) is 0 Å². The number of anilines is 2. The average molecular weight is 284 g/mol. The van der Waals surface area contributed by atoms with Crippen LogP contribution in [0.4, 0.5) is 28.9 Å². The van der Waals surface area contributed by atoms with E-state index in [1.807, 2.05) is 0 Å². The second kappa shape index (κ2) is 5.20. The zero-order valence-corrected chi connectivity index (χ0v) is 9.88. The molecule has 0 heterocycles. The number of halogens is 4. The van der Waals surface area contributed by atoms with Crippen molar-refractivity contribution in [3.63, 3.8) is 0 Å². The highest BCUT2D eigenvalue weighted by Gasteiger charge is 2.14. The molecule has 104 valence electrons. The van der Waals surface area contributed by atoms with Gasteiger partial charge >= 0.3 is 0 Å². The third kappa shape index (κ3) is 2.71. The fourth-order valence-electron chi connectivity index (χ4n) is 1.57. The minimum absolute atomic E-state index is 0.0726. The summed E-state index contributed by atoms with van der Waals surface area (Å²) in [5.74, 6) is -5.94. The van der Waals surface area contributed by atoms with Crippen molar-refractivity contribution in [1.29, 1.82) is 0 Å². The van der Waals surface area contributed by atoms with Crippen molar-refractivity contribution in [3.8, 4) is 0 Å². The van der Waals surface area contributed by atoms with Crippen molar-refractivity contribution >= 4 is 17.3 Å². The second-order valence-electron chi connectivity index (χ2n) is 3.94. The Morgan fingerprint density at radius 3 is 2.15 bits per heavy atom. The predicted molar refractivity (Wildman–Crippen MR) is 65.1 cm³/mol. The lowest BCUT2D eigenvalue weighted by Gasteiger charge is -2.08. The maximum Gasteiger partial charge on any atom is 0.257 e. The van der Waals surface area contributed by atoms with Crippen LogP contribution >= 0.6 is 0 Å². The maximum atomic E-state index is 13.0.